The van der Waals surface area contributed by atoms with Crippen molar-refractivity contribution in [1.82, 2.24) is 4.90 Å². The van der Waals surface area contributed by atoms with Gasteiger partial charge in [0, 0.05) is 12.1 Å². The van der Waals surface area contributed by atoms with Gasteiger partial charge in [-0.05, 0) is 61.3 Å². The van der Waals surface area contributed by atoms with Crippen molar-refractivity contribution in [1.29, 1.82) is 0 Å². The number of unbranched alkanes of at least 4 members (excludes halogenated alkanes) is 1. The Morgan fingerprint density at radius 3 is 2.79 bits per heavy atom. The molecular formula is C25H31NO3. The molecule has 0 saturated carbocycles. The summed E-state index contributed by atoms with van der Waals surface area (Å²) < 4.78 is 11.4. The Bertz CT molecular complexity index is 870. The molecule has 4 nitrogen and oxygen atoms in total. The van der Waals surface area contributed by atoms with Crippen LogP contribution in [0.15, 0.2) is 48.5 Å². The van der Waals surface area contributed by atoms with Crippen LogP contribution in [0.2, 0.25) is 0 Å². The average molecular weight is 394 g/mol. The lowest BCUT2D eigenvalue weighted by molar-refractivity contribution is -0.142. The maximum absolute atomic E-state index is 12.2. The summed E-state index contributed by atoms with van der Waals surface area (Å²) in [7, 11) is 4.16. The third kappa shape index (κ3) is 5.70. The molecule has 0 saturated heterocycles. The Morgan fingerprint density at radius 2 is 2.00 bits per heavy atom. The van der Waals surface area contributed by atoms with Crippen LogP contribution in [-0.2, 0) is 22.6 Å². The van der Waals surface area contributed by atoms with E-state index in [9.17, 15) is 4.79 Å². The van der Waals surface area contributed by atoms with E-state index in [1.807, 2.05) is 18.2 Å². The molecule has 0 aliphatic carbocycles. The summed E-state index contributed by atoms with van der Waals surface area (Å²) in [6.45, 7) is 4.10. The summed E-state index contributed by atoms with van der Waals surface area (Å²) in [5.74, 6) is 0.687. The minimum atomic E-state index is -0.175. The fourth-order valence-electron chi connectivity index (χ4n) is 3.47. The largest absolute Gasteiger partial charge is 0.488 e. The lowest BCUT2D eigenvalue weighted by atomic mass is 9.92. The van der Waals surface area contributed by atoms with Crippen LogP contribution in [0, 0.1) is 0 Å². The van der Waals surface area contributed by atoms with E-state index in [0.717, 1.165) is 42.7 Å². The van der Waals surface area contributed by atoms with E-state index in [4.69, 9.17) is 9.47 Å². The van der Waals surface area contributed by atoms with Crippen LogP contribution in [0.1, 0.15) is 48.4 Å². The Labute approximate surface area is 174 Å². The van der Waals surface area contributed by atoms with Crippen molar-refractivity contribution >= 4 is 11.5 Å². The molecule has 0 fully saturated rings. The van der Waals surface area contributed by atoms with E-state index >= 15 is 0 Å². The SMILES string of the molecule is CCCCOC(=O)Cc1ccc2c(c1)C(=CCCN(C)C)c1ccccc1CO2. The number of carbonyl (C=O) groups is 1. The van der Waals surface area contributed by atoms with Gasteiger partial charge < -0.3 is 14.4 Å². The molecule has 0 spiro atoms. The van der Waals surface area contributed by atoms with Gasteiger partial charge in [0.2, 0.25) is 0 Å². The van der Waals surface area contributed by atoms with Crippen LogP contribution >= 0.6 is 0 Å². The first-order valence-corrected chi connectivity index (χ1v) is 10.4. The minimum absolute atomic E-state index is 0.175. The van der Waals surface area contributed by atoms with Crippen LogP contribution < -0.4 is 4.74 Å². The molecule has 2 aromatic rings. The second-order valence-corrected chi connectivity index (χ2v) is 7.74. The zero-order valence-corrected chi connectivity index (χ0v) is 17.7. The van der Waals surface area contributed by atoms with Gasteiger partial charge in [0.1, 0.15) is 12.4 Å². The fraction of sp³-hybridized carbons (Fsp3) is 0.400. The molecule has 2 aromatic carbocycles. The van der Waals surface area contributed by atoms with Gasteiger partial charge in [0.15, 0.2) is 0 Å². The van der Waals surface area contributed by atoms with Crippen LogP contribution in [0.5, 0.6) is 5.75 Å². The molecule has 4 heteroatoms. The number of ether oxygens (including phenoxy) is 2. The van der Waals surface area contributed by atoms with E-state index in [0.29, 0.717) is 13.2 Å². The van der Waals surface area contributed by atoms with Gasteiger partial charge in [-0.2, -0.15) is 0 Å². The smallest absolute Gasteiger partial charge is 0.310 e. The van der Waals surface area contributed by atoms with Crippen LogP contribution in [0.25, 0.3) is 5.57 Å². The highest BCUT2D eigenvalue weighted by Gasteiger charge is 2.20. The number of nitrogens with zero attached hydrogens (tertiary/aromatic N) is 1. The van der Waals surface area contributed by atoms with Crippen molar-refractivity contribution in [3.05, 3.63) is 70.8 Å². The van der Waals surface area contributed by atoms with E-state index in [-0.39, 0.29) is 12.4 Å². The lowest BCUT2D eigenvalue weighted by Gasteiger charge is -2.14. The molecule has 1 aliphatic heterocycles. The van der Waals surface area contributed by atoms with Crippen LogP contribution in [-0.4, -0.2) is 38.1 Å². The molecule has 0 aromatic heterocycles. The minimum Gasteiger partial charge on any atom is -0.488 e. The zero-order chi connectivity index (χ0) is 20.6. The quantitative estimate of drug-likeness (QED) is 0.475. The summed E-state index contributed by atoms with van der Waals surface area (Å²) >= 11 is 0. The molecule has 3 rings (SSSR count). The van der Waals surface area contributed by atoms with Gasteiger partial charge in [-0.25, -0.2) is 0 Å². The first-order chi connectivity index (χ1) is 14.1. The zero-order valence-electron chi connectivity index (χ0n) is 17.7. The van der Waals surface area contributed by atoms with Gasteiger partial charge in [-0.1, -0.05) is 49.8 Å². The number of hydrogen-bond acceptors (Lipinski definition) is 4. The number of hydrogen-bond donors (Lipinski definition) is 0. The molecule has 1 heterocycles. The number of benzene rings is 2. The second-order valence-electron chi connectivity index (χ2n) is 7.74. The fourth-order valence-corrected chi connectivity index (χ4v) is 3.47. The third-order valence-corrected chi connectivity index (χ3v) is 5.06. The van der Waals surface area contributed by atoms with Gasteiger partial charge in [0.25, 0.3) is 0 Å². The molecule has 0 N–H and O–H groups in total. The van der Waals surface area contributed by atoms with E-state index in [1.54, 1.807) is 0 Å². The van der Waals surface area contributed by atoms with Crippen molar-refractivity contribution < 1.29 is 14.3 Å². The predicted molar refractivity (Wildman–Crippen MR) is 117 cm³/mol. The monoisotopic (exact) mass is 393 g/mol. The van der Waals surface area contributed by atoms with Gasteiger partial charge in [-0.3, -0.25) is 4.79 Å². The van der Waals surface area contributed by atoms with Gasteiger partial charge in [0.05, 0.1) is 13.0 Å². The summed E-state index contributed by atoms with van der Waals surface area (Å²) in [5.41, 5.74) is 5.56. The molecule has 1 aliphatic rings. The van der Waals surface area contributed by atoms with Crippen molar-refractivity contribution in [3.63, 3.8) is 0 Å². The molecular weight excluding hydrogens is 362 g/mol. The highest BCUT2D eigenvalue weighted by atomic mass is 16.5. The number of fused-ring (bicyclic) bond motifs is 2. The Morgan fingerprint density at radius 1 is 1.17 bits per heavy atom. The number of carbonyl (C=O) groups excluding carboxylic acids is 1. The lowest BCUT2D eigenvalue weighted by Crippen LogP contribution is -2.12. The molecule has 154 valence electrons. The van der Waals surface area contributed by atoms with Crippen molar-refractivity contribution in [3.8, 4) is 5.75 Å². The highest BCUT2D eigenvalue weighted by molar-refractivity contribution is 5.85. The average Bonchev–Trinajstić information content (AvgIpc) is 2.85. The third-order valence-electron chi connectivity index (χ3n) is 5.06. The normalized spacial score (nSPS) is 14.1. The Hall–Kier alpha value is -2.59. The van der Waals surface area contributed by atoms with E-state index in [1.165, 1.54) is 16.7 Å². The molecule has 0 atom stereocenters. The highest BCUT2D eigenvalue weighted by Crippen LogP contribution is 2.37. The molecule has 0 amide bonds. The second kappa shape index (κ2) is 10.3. The van der Waals surface area contributed by atoms with Crippen molar-refractivity contribution in [2.75, 3.05) is 27.2 Å². The number of esters is 1. The molecule has 0 unspecified atom stereocenters. The van der Waals surface area contributed by atoms with E-state index < -0.39 is 0 Å². The molecule has 0 radical (unpaired) electrons. The number of rotatable bonds is 8. The summed E-state index contributed by atoms with van der Waals surface area (Å²) in [5, 5.41) is 0. The van der Waals surface area contributed by atoms with Gasteiger partial charge in [-0.15, -0.1) is 0 Å². The first kappa shape index (κ1) is 21.1. The van der Waals surface area contributed by atoms with Crippen LogP contribution in [0.3, 0.4) is 0 Å². The van der Waals surface area contributed by atoms with Gasteiger partial charge >= 0.3 is 5.97 Å². The Kier molecular flexibility index (Phi) is 7.48. The maximum Gasteiger partial charge on any atom is 0.310 e. The first-order valence-electron chi connectivity index (χ1n) is 10.4. The van der Waals surface area contributed by atoms with Crippen LogP contribution in [0.4, 0.5) is 0 Å². The molecule has 0 bridgehead atoms. The van der Waals surface area contributed by atoms with Crippen molar-refractivity contribution in [2.24, 2.45) is 0 Å². The summed E-state index contributed by atoms with van der Waals surface area (Å²) in [6, 6.07) is 14.4. The summed E-state index contributed by atoms with van der Waals surface area (Å²) in [6.07, 6.45) is 5.43. The standard InChI is InChI=1S/C25H31NO3/c1-4-5-15-28-25(27)17-19-12-13-24-23(16-19)22(11-8-14-26(2)3)21-10-7-6-9-20(21)18-29-24/h6-7,9-13,16H,4-5,8,14-15,17-18H2,1-3H3. The summed E-state index contributed by atoms with van der Waals surface area (Å²) in [4.78, 5) is 14.4. The van der Waals surface area contributed by atoms with E-state index in [2.05, 4.69) is 56.3 Å². The van der Waals surface area contributed by atoms with Crippen molar-refractivity contribution in [2.45, 2.75) is 39.2 Å². The topological polar surface area (TPSA) is 38.8 Å². The molecule has 29 heavy (non-hydrogen) atoms. The predicted octanol–water partition coefficient (Wildman–Crippen LogP) is 4.85. The Balaban J connectivity index is 1.91. The maximum atomic E-state index is 12.2.